The SMILES string of the molecule is Cc1ccc(C2C=CNN2c2ccccc2-c2ccc(Br)cc2)c(C)c1. The van der Waals surface area contributed by atoms with Gasteiger partial charge in [-0.15, -0.1) is 0 Å². The third kappa shape index (κ3) is 3.15. The minimum absolute atomic E-state index is 0.173. The quantitative estimate of drug-likeness (QED) is 0.549. The van der Waals surface area contributed by atoms with Gasteiger partial charge in [0.05, 0.1) is 11.7 Å². The smallest absolute Gasteiger partial charge is 0.0954 e. The molecular formula is C23H21BrN2. The molecule has 0 spiro atoms. The fourth-order valence-electron chi connectivity index (χ4n) is 3.56. The summed E-state index contributed by atoms with van der Waals surface area (Å²) < 4.78 is 1.09. The van der Waals surface area contributed by atoms with Crippen LogP contribution in [0.3, 0.4) is 0 Å². The Morgan fingerprint density at radius 1 is 0.923 bits per heavy atom. The summed E-state index contributed by atoms with van der Waals surface area (Å²) in [6.07, 6.45) is 4.25. The predicted molar refractivity (Wildman–Crippen MR) is 113 cm³/mol. The van der Waals surface area contributed by atoms with E-state index >= 15 is 0 Å². The number of aryl methyl sites for hydroxylation is 2. The molecule has 3 aromatic carbocycles. The highest BCUT2D eigenvalue weighted by Gasteiger charge is 2.25. The van der Waals surface area contributed by atoms with E-state index in [0.29, 0.717) is 0 Å². The van der Waals surface area contributed by atoms with Gasteiger partial charge in [-0.3, -0.25) is 5.01 Å². The van der Waals surface area contributed by atoms with E-state index in [2.05, 4.69) is 113 Å². The highest BCUT2D eigenvalue weighted by molar-refractivity contribution is 9.10. The lowest BCUT2D eigenvalue weighted by atomic mass is 9.97. The molecule has 0 radical (unpaired) electrons. The molecule has 26 heavy (non-hydrogen) atoms. The molecule has 0 saturated carbocycles. The van der Waals surface area contributed by atoms with E-state index < -0.39 is 0 Å². The van der Waals surface area contributed by atoms with Gasteiger partial charge in [-0.25, -0.2) is 0 Å². The van der Waals surface area contributed by atoms with Gasteiger partial charge in [-0.05, 0) is 54.8 Å². The van der Waals surface area contributed by atoms with Crippen molar-refractivity contribution < 1.29 is 0 Å². The van der Waals surface area contributed by atoms with Gasteiger partial charge in [0.25, 0.3) is 0 Å². The van der Waals surface area contributed by atoms with E-state index in [9.17, 15) is 0 Å². The zero-order valence-corrected chi connectivity index (χ0v) is 16.5. The normalized spacial score (nSPS) is 16.0. The molecule has 0 fully saturated rings. The fourth-order valence-corrected chi connectivity index (χ4v) is 3.82. The maximum absolute atomic E-state index is 3.52. The van der Waals surface area contributed by atoms with E-state index in [1.165, 1.54) is 33.5 Å². The summed E-state index contributed by atoms with van der Waals surface area (Å²) in [6, 6.07) is 23.9. The Labute approximate surface area is 163 Å². The minimum atomic E-state index is 0.173. The molecule has 4 rings (SSSR count). The van der Waals surface area contributed by atoms with Crippen molar-refractivity contribution in [3.05, 3.63) is 100 Å². The van der Waals surface area contributed by atoms with Crippen LogP contribution in [0.5, 0.6) is 0 Å². The van der Waals surface area contributed by atoms with Crippen LogP contribution in [0, 0.1) is 13.8 Å². The zero-order chi connectivity index (χ0) is 18.1. The molecule has 1 unspecified atom stereocenters. The first-order valence-electron chi connectivity index (χ1n) is 8.78. The Morgan fingerprint density at radius 3 is 2.46 bits per heavy atom. The lowest BCUT2D eigenvalue weighted by Crippen LogP contribution is -2.33. The van der Waals surface area contributed by atoms with Crippen molar-refractivity contribution in [1.82, 2.24) is 5.43 Å². The molecule has 0 aliphatic carbocycles. The molecule has 3 aromatic rings. The molecule has 0 saturated heterocycles. The largest absolute Gasteiger partial charge is 0.305 e. The van der Waals surface area contributed by atoms with Crippen molar-refractivity contribution in [2.45, 2.75) is 19.9 Å². The third-order valence-electron chi connectivity index (χ3n) is 4.83. The van der Waals surface area contributed by atoms with Crippen LogP contribution in [-0.4, -0.2) is 0 Å². The molecule has 0 bridgehead atoms. The average Bonchev–Trinajstić information content (AvgIpc) is 3.12. The minimum Gasteiger partial charge on any atom is -0.305 e. The van der Waals surface area contributed by atoms with E-state index in [4.69, 9.17) is 0 Å². The first-order chi connectivity index (χ1) is 12.6. The van der Waals surface area contributed by atoms with Gasteiger partial charge in [0.1, 0.15) is 0 Å². The molecule has 3 heteroatoms. The summed E-state index contributed by atoms with van der Waals surface area (Å²) in [5.41, 5.74) is 10.9. The van der Waals surface area contributed by atoms with Crippen LogP contribution in [0.2, 0.25) is 0 Å². The molecular weight excluding hydrogens is 384 g/mol. The van der Waals surface area contributed by atoms with Gasteiger partial charge in [-0.1, -0.05) is 70.0 Å². The summed E-state index contributed by atoms with van der Waals surface area (Å²) in [7, 11) is 0. The Hall–Kier alpha value is -2.52. The van der Waals surface area contributed by atoms with Crippen LogP contribution < -0.4 is 10.4 Å². The van der Waals surface area contributed by atoms with Gasteiger partial charge in [0, 0.05) is 16.2 Å². The monoisotopic (exact) mass is 404 g/mol. The van der Waals surface area contributed by atoms with Gasteiger partial charge in [-0.2, -0.15) is 0 Å². The number of nitrogens with zero attached hydrogens (tertiary/aromatic N) is 1. The summed E-state index contributed by atoms with van der Waals surface area (Å²) in [6.45, 7) is 4.33. The molecule has 1 atom stereocenters. The number of halogens is 1. The van der Waals surface area contributed by atoms with Crippen molar-refractivity contribution in [2.24, 2.45) is 0 Å². The summed E-state index contributed by atoms with van der Waals surface area (Å²) in [4.78, 5) is 0. The maximum Gasteiger partial charge on any atom is 0.0954 e. The lowest BCUT2D eigenvalue weighted by molar-refractivity contribution is 0.716. The Kier molecular flexibility index (Phi) is 4.56. The standard InChI is InChI=1S/C23H21BrN2/c1-16-7-12-20(17(2)15-16)23-13-14-25-26(23)22-6-4-3-5-21(22)18-8-10-19(24)11-9-18/h3-15,23,25H,1-2H3. The molecule has 130 valence electrons. The zero-order valence-electron chi connectivity index (χ0n) is 14.9. The number of anilines is 1. The Bertz CT molecular complexity index is 960. The number of benzene rings is 3. The second kappa shape index (κ2) is 7.00. The topological polar surface area (TPSA) is 15.3 Å². The highest BCUT2D eigenvalue weighted by atomic mass is 79.9. The first-order valence-corrected chi connectivity index (χ1v) is 9.57. The summed E-state index contributed by atoms with van der Waals surface area (Å²) in [5.74, 6) is 0. The van der Waals surface area contributed by atoms with E-state index in [1.54, 1.807) is 0 Å². The number of hydrogen-bond acceptors (Lipinski definition) is 2. The van der Waals surface area contributed by atoms with Crippen LogP contribution in [0.1, 0.15) is 22.7 Å². The molecule has 1 aliphatic heterocycles. The van der Waals surface area contributed by atoms with Gasteiger partial charge in [0.15, 0.2) is 0 Å². The molecule has 1 aliphatic rings. The van der Waals surface area contributed by atoms with E-state index in [0.717, 1.165) is 4.47 Å². The van der Waals surface area contributed by atoms with Crippen molar-refractivity contribution in [2.75, 3.05) is 5.01 Å². The van der Waals surface area contributed by atoms with Crippen LogP contribution in [0.15, 0.2) is 83.5 Å². The van der Waals surface area contributed by atoms with Crippen LogP contribution in [0.25, 0.3) is 11.1 Å². The van der Waals surface area contributed by atoms with E-state index in [-0.39, 0.29) is 6.04 Å². The van der Waals surface area contributed by atoms with Crippen molar-refractivity contribution in [1.29, 1.82) is 0 Å². The number of rotatable bonds is 3. The van der Waals surface area contributed by atoms with Crippen LogP contribution >= 0.6 is 15.9 Å². The number of hydrazine groups is 1. The van der Waals surface area contributed by atoms with Crippen LogP contribution in [-0.2, 0) is 0 Å². The lowest BCUT2D eigenvalue weighted by Gasteiger charge is -2.30. The third-order valence-corrected chi connectivity index (χ3v) is 5.36. The first kappa shape index (κ1) is 16.9. The number of nitrogens with one attached hydrogen (secondary N) is 1. The van der Waals surface area contributed by atoms with Crippen LogP contribution in [0.4, 0.5) is 5.69 Å². The average molecular weight is 405 g/mol. The van der Waals surface area contributed by atoms with Crippen molar-refractivity contribution >= 4 is 21.6 Å². The number of para-hydroxylation sites is 1. The maximum atomic E-state index is 3.52. The number of hydrogen-bond donors (Lipinski definition) is 1. The Morgan fingerprint density at radius 2 is 1.69 bits per heavy atom. The molecule has 1 N–H and O–H groups in total. The summed E-state index contributed by atoms with van der Waals surface area (Å²) in [5, 5.41) is 2.25. The summed E-state index contributed by atoms with van der Waals surface area (Å²) >= 11 is 3.52. The van der Waals surface area contributed by atoms with Gasteiger partial charge in [0.2, 0.25) is 0 Å². The highest BCUT2D eigenvalue weighted by Crippen LogP contribution is 2.37. The predicted octanol–water partition coefficient (Wildman–Crippen LogP) is 6.31. The fraction of sp³-hybridized carbons (Fsp3) is 0.130. The van der Waals surface area contributed by atoms with E-state index in [1.807, 2.05) is 6.20 Å². The second-order valence-corrected chi connectivity index (χ2v) is 7.60. The van der Waals surface area contributed by atoms with Gasteiger partial charge >= 0.3 is 0 Å². The molecule has 1 heterocycles. The van der Waals surface area contributed by atoms with Gasteiger partial charge < -0.3 is 5.43 Å². The Balaban J connectivity index is 1.77. The molecule has 0 amide bonds. The molecule has 0 aromatic heterocycles. The van der Waals surface area contributed by atoms with Crippen molar-refractivity contribution in [3.63, 3.8) is 0 Å². The molecule has 2 nitrogen and oxygen atoms in total. The second-order valence-electron chi connectivity index (χ2n) is 6.69. The van der Waals surface area contributed by atoms with Crippen molar-refractivity contribution in [3.8, 4) is 11.1 Å².